The number of anilines is 2. The summed E-state index contributed by atoms with van der Waals surface area (Å²) < 4.78 is 0. The smallest absolute Gasteiger partial charge is 0.342 e. The topological polar surface area (TPSA) is 135 Å². The SMILES string of the molecule is CCCCN1CC(C(=O)Nc2ccc(C(=O)Nc3ncc([N+](=O)[O-])s3)cc2)CC1=O. The zero-order valence-electron chi connectivity index (χ0n) is 16.3. The highest BCUT2D eigenvalue weighted by molar-refractivity contribution is 7.18. The minimum Gasteiger partial charge on any atom is -0.342 e. The molecule has 30 heavy (non-hydrogen) atoms. The van der Waals surface area contributed by atoms with Gasteiger partial charge in [-0.1, -0.05) is 13.3 Å². The number of nitrogens with one attached hydrogen (secondary N) is 2. The maximum absolute atomic E-state index is 12.5. The largest absolute Gasteiger partial charge is 0.345 e. The number of rotatable bonds is 8. The summed E-state index contributed by atoms with van der Waals surface area (Å²) in [6.07, 6.45) is 3.18. The molecule has 0 aliphatic carbocycles. The van der Waals surface area contributed by atoms with E-state index < -0.39 is 16.7 Å². The Balaban J connectivity index is 1.55. The number of benzene rings is 1. The first-order valence-corrected chi connectivity index (χ1v) is 10.3. The Hall–Kier alpha value is -3.34. The van der Waals surface area contributed by atoms with Gasteiger partial charge in [0.2, 0.25) is 11.8 Å². The van der Waals surface area contributed by atoms with Gasteiger partial charge in [0.1, 0.15) is 6.20 Å². The maximum atomic E-state index is 12.5. The van der Waals surface area contributed by atoms with E-state index >= 15 is 0 Å². The van der Waals surface area contributed by atoms with Crippen LogP contribution in [0.2, 0.25) is 0 Å². The fourth-order valence-corrected chi connectivity index (χ4v) is 3.67. The molecule has 0 saturated carbocycles. The van der Waals surface area contributed by atoms with Crippen molar-refractivity contribution in [2.75, 3.05) is 23.7 Å². The zero-order valence-corrected chi connectivity index (χ0v) is 17.1. The van der Waals surface area contributed by atoms with E-state index in [0.29, 0.717) is 24.3 Å². The second kappa shape index (κ2) is 9.44. The third-order valence-electron chi connectivity index (χ3n) is 4.68. The van der Waals surface area contributed by atoms with Crippen molar-refractivity contribution in [1.82, 2.24) is 9.88 Å². The van der Waals surface area contributed by atoms with Crippen molar-refractivity contribution in [3.63, 3.8) is 0 Å². The molecule has 1 aliphatic rings. The van der Waals surface area contributed by atoms with Gasteiger partial charge in [0.25, 0.3) is 5.91 Å². The quantitative estimate of drug-likeness (QED) is 0.487. The van der Waals surface area contributed by atoms with Gasteiger partial charge in [-0.2, -0.15) is 0 Å². The Labute approximate surface area is 176 Å². The summed E-state index contributed by atoms with van der Waals surface area (Å²) in [6, 6.07) is 6.23. The molecule has 3 amide bonds. The van der Waals surface area contributed by atoms with E-state index in [1.165, 1.54) is 12.1 Å². The van der Waals surface area contributed by atoms with Gasteiger partial charge in [-0.25, -0.2) is 4.98 Å². The lowest BCUT2D eigenvalue weighted by Crippen LogP contribution is -2.29. The molecular weight excluding hydrogens is 410 g/mol. The van der Waals surface area contributed by atoms with Crippen LogP contribution in [0, 0.1) is 16.0 Å². The molecule has 1 aliphatic heterocycles. The molecular formula is C19H21N5O5S. The van der Waals surface area contributed by atoms with Crippen molar-refractivity contribution >= 4 is 44.9 Å². The molecule has 2 heterocycles. The first kappa shape index (κ1) is 21.4. The summed E-state index contributed by atoms with van der Waals surface area (Å²) in [4.78, 5) is 52.4. The molecule has 1 unspecified atom stereocenters. The lowest BCUT2D eigenvalue weighted by molar-refractivity contribution is -0.380. The van der Waals surface area contributed by atoms with E-state index in [1.807, 2.05) is 0 Å². The Bertz CT molecular complexity index is 958. The average molecular weight is 431 g/mol. The molecule has 1 aromatic heterocycles. The van der Waals surface area contributed by atoms with Crippen LogP contribution in [0.25, 0.3) is 0 Å². The van der Waals surface area contributed by atoms with Gasteiger partial charge in [-0.15, -0.1) is 0 Å². The normalized spacial score (nSPS) is 15.8. The molecule has 1 saturated heterocycles. The van der Waals surface area contributed by atoms with E-state index in [2.05, 4.69) is 22.5 Å². The van der Waals surface area contributed by atoms with Gasteiger partial charge in [0.05, 0.1) is 10.8 Å². The highest BCUT2D eigenvalue weighted by Crippen LogP contribution is 2.25. The third kappa shape index (κ3) is 5.17. The summed E-state index contributed by atoms with van der Waals surface area (Å²) >= 11 is 0.764. The molecule has 10 nitrogen and oxygen atoms in total. The average Bonchev–Trinajstić information content (AvgIpc) is 3.33. The van der Waals surface area contributed by atoms with E-state index in [1.54, 1.807) is 17.0 Å². The standard InChI is InChI=1S/C19H21N5O5S/c1-2-3-8-23-11-13(9-15(23)25)18(27)21-14-6-4-12(5-7-14)17(26)22-19-20-10-16(30-19)24(28)29/h4-7,10,13H,2-3,8-9,11H2,1H3,(H,21,27)(H,20,22,26). The second-order valence-electron chi connectivity index (χ2n) is 6.88. The number of carbonyl (C=O) groups excluding carboxylic acids is 3. The summed E-state index contributed by atoms with van der Waals surface area (Å²) in [5, 5.41) is 15.9. The number of nitrogens with zero attached hydrogens (tertiary/aromatic N) is 3. The van der Waals surface area contributed by atoms with Crippen LogP contribution >= 0.6 is 11.3 Å². The number of aromatic nitrogens is 1. The second-order valence-corrected chi connectivity index (χ2v) is 7.88. The van der Waals surface area contributed by atoms with Gasteiger partial charge in [0.15, 0.2) is 5.13 Å². The Morgan fingerprint density at radius 1 is 1.30 bits per heavy atom. The van der Waals surface area contributed by atoms with E-state index in [4.69, 9.17) is 0 Å². The van der Waals surface area contributed by atoms with Crippen molar-refractivity contribution in [1.29, 1.82) is 0 Å². The van der Waals surface area contributed by atoms with Gasteiger partial charge in [0, 0.05) is 30.8 Å². The number of amides is 3. The predicted molar refractivity (Wildman–Crippen MR) is 111 cm³/mol. The molecule has 1 fully saturated rings. The summed E-state index contributed by atoms with van der Waals surface area (Å²) in [5.41, 5.74) is 0.827. The highest BCUT2D eigenvalue weighted by atomic mass is 32.1. The monoisotopic (exact) mass is 431 g/mol. The minimum absolute atomic E-state index is 0.00181. The van der Waals surface area contributed by atoms with Gasteiger partial charge in [-0.05, 0) is 42.0 Å². The fraction of sp³-hybridized carbons (Fsp3) is 0.368. The van der Waals surface area contributed by atoms with Crippen molar-refractivity contribution in [3.8, 4) is 0 Å². The van der Waals surface area contributed by atoms with Gasteiger partial charge >= 0.3 is 5.00 Å². The summed E-state index contributed by atoms with van der Waals surface area (Å²) in [6.45, 7) is 3.14. The highest BCUT2D eigenvalue weighted by Gasteiger charge is 2.33. The van der Waals surface area contributed by atoms with Crippen molar-refractivity contribution in [3.05, 3.63) is 46.1 Å². The number of thiazole rings is 1. The first-order valence-electron chi connectivity index (χ1n) is 9.47. The van der Waals surface area contributed by atoms with Crippen LogP contribution in [-0.4, -0.2) is 45.6 Å². The molecule has 2 aromatic rings. The lowest BCUT2D eigenvalue weighted by Gasteiger charge is -2.16. The van der Waals surface area contributed by atoms with Crippen molar-refractivity contribution in [2.24, 2.45) is 5.92 Å². The van der Waals surface area contributed by atoms with Crippen LogP contribution in [0.5, 0.6) is 0 Å². The molecule has 0 radical (unpaired) electrons. The van der Waals surface area contributed by atoms with E-state index in [9.17, 15) is 24.5 Å². The van der Waals surface area contributed by atoms with Gasteiger partial charge < -0.3 is 10.2 Å². The van der Waals surface area contributed by atoms with E-state index in [0.717, 1.165) is 30.4 Å². The Kier molecular flexibility index (Phi) is 6.72. The van der Waals surface area contributed by atoms with Crippen LogP contribution in [0.1, 0.15) is 36.5 Å². The van der Waals surface area contributed by atoms with E-state index in [-0.39, 0.29) is 28.4 Å². The number of carbonyl (C=O) groups is 3. The third-order valence-corrected chi connectivity index (χ3v) is 5.54. The molecule has 11 heteroatoms. The molecule has 1 aromatic carbocycles. The fourth-order valence-electron chi connectivity index (χ4n) is 3.04. The maximum Gasteiger partial charge on any atom is 0.345 e. The summed E-state index contributed by atoms with van der Waals surface area (Å²) in [5.74, 6) is -1.09. The van der Waals surface area contributed by atoms with Crippen LogP contribution in [0.15, 0.2) is 30.5 Å². The Morgan fingerprint density at radius 3 is 2.67 bits per heavy atom. The molecule has 1 atom stereocenters. The molecule has 2 N–H and O–H groups in total. The lowest BCUT2D eigenvalue weighted by atomic mass is 10.1. The Morgan fingerprint density at radius 2 is 2.03 bits per heavy atom. The minimum atomic E-state index is -0.578. The van der Waals surface area contributed by atoms with Gasteiger partial charge in [-0.3, -0.25) is 29.8 Å². The molecule has 158 valence electrons. The first-order chi connectivity index (χ1) is 14.4. The van der Waals surface area contributed by atoms with Crippen molar-refractivity contribution in [2.45, 2.75) is 26.2 Å². The summed E-state index contributed by atoms with van der Waals surface area (Å²) in [7, 11) is 0. The van der Waals surface area contributed by atoms with Crippen LogP contribution in [-0.2, 0) is 9.59 Å². The molecule has 3 rings (SSSR count). The van der Waals surface area contributed by atoms with Crippen LogP contribution in [0.3, 0.4) is 0 Å². The number of likely N-dealkylation sites (tertiary alicyclic amines) is 1. The molecule has 0 spiro atoms. The number of unbranched alkanes of at least 4 members (excludes halogenated alkanes) is 1. The number of nitro groups is 1. The zero-order chi connectivity index (χ0) is 21.7. The number of hydrogen-bond acceptors (Lipinski definition) is 7. The predicted octanol–water partition coefficient (Wildman–Crippen LogP) is 2.89. The molecule has 0 bridgehead atoms. The van der Waals surface area contributed by atoms with Crippen molar-refractivity contribution < 1.29 is 19.3 Å². The van der Waals surface area contributed by atoms with Crippen LogP contribution < -0.4 is 10.6 Å². The number of hydrogen-bond donors (Lipinski definition) is 2. The van der Waals surface area contributed by atoms with Crippen LogP contribution in [0.4, 0.5) is 15.8 Å².